The Kier molecular flexibility index (Phi) is 5.17. The average Bonchev–Trinajstić information content (AvgIpc) is 2.52. The molecule has 2 aromatic rings. The highest BCUT2D eigenvalue weighted by molar-refractivity contribution is 7.89. The zero-order valence-electron chi connectivity index (χ0n) is 13.8. The average molecular weight is 396 g/mol. The van der Waals surface area contributed by atoms with Crippen LogP contribution in [0.5, 0.6) is 0 Å². The number of nitro benzene ring substituents is 1. The van der Waals surface area contributed by atoms with E-state index in [1.54, 1.807) is 12.1 Å². The van der Waals surface area contributed by atoms with Gasteiger partial charge in [-0.2, -0.15) is 0 Å². The molecule has 0 aliphatic heterocycles. The van der Waals surface area contributed by atoms with E-state index >= 15 is 0 Å². The molecular weight excluding hydrogens is 378 g/mol. The van der Waals surface area contributed by atoms with E-state index in [9.17, 15) is 18.5 Å². The van der Waals surface area contributed by atoms with Gasteiger partial charge in [0.15, 0.2) is 0 Å². The van der Waals surface area contributed by atoms with Crippen molar-refractivity contribution in [3.8, 4) is 0 Å². The SMILES string of the molecule is NS(=O)(=O)c1ccc(NC(c2ccc(Cl)cc2)C2CCC2)c([N+](=O)[O-])c1. The molecule has 1 fully saturated rings. The van der Waals surface area contributed by atoms with E-state index in [1.807, 2.05) is 12.1 Å². The second-order valence-electron chi connectivity index (χ2n) is 6.35. The third-order valence-corrected chi connectivity index (χ3v) is 5.82. The number of nitrogens with zero attached hydrogens (tertiary/aromatic N) is 1. The Labute approximate surface area is 156 Å². The van der Waals surface area contributed by atoms with Crippen LogP contribution in [0.3, 0.4) is 0 Å². The molecule has 1 atom stereocenters. The normalized spacial score (nSPS) is 15.9. The summed E-state index contributed by atoms with van der Waals surface area (Å²) in [5, 5.41) is 20.3. The molecule has 0 saturated heterocycles. The highest BCUT2D eigenvalue weighted by Gasteiger charge is 2.30. The highest BCUT2D eigenvalue weighted by atomic mass is 35.5. The van der Waals surface area contributed by atoms with Crippen molar-refractivity contribution in [2.24, 2.45) is 11.1 Å². The van der Waals surface area contributed by atoms with Gasteiger partial charge < -0.3 is 5.32 Å². The van der Waals surface area contributed by atoms with Gasteiger partial charge in [-0.05, 0) is 48.6 Å². The summed E-state index contributed by atoms with van der Waals surface area (Å²) in [7, 11) is -4.02. The molecule has 0 spiro atoms. The van der Waals surface area contributed by atoms with E-state index < -0.39 is 14.9 Å². The van der Waals surface area contributed by atoms with Crippen LogP contribution in [0.1, 0.15) is 30.9 Å². The Bertz CT molecular complexity index is 928. The summed E-state index contributed by atoms with van der Waals surface area (Å²) in [5.41, 5.74) is 0.910. The zero-order chi connectivity index (χ0) is 18.9. The minimum atomic E-state index is -4.02. The molecule has 26 heavy (non-hydrogen) atoms. The first-order valence-corrected chi connectivity index (χ1v) is 10.0. The number of nitro groups is 1. The minimum absolute atomic E-state index is 0.125. The smallest absolute Gasteiger partial charge is 0.293 e. The maximum Gasteiger partial charge on any atom is 0.293 e. The van der Waals surface area contributed by atoms with Gasteiger partial charge in [0.1, 0.15) is 5.69 Å². The summed E-state index contributed by atoms with van der Waals surface area (Å²) in [5.74, 6) is 0.341. The number of halogens is 1. The predicted molar refractivity (Wildman–Crippen MR) is 99.6 cm³/mol. The van der Waals surface area contributed by atoms with Crippen molar-refractivity contribution >= 4 is 33.0 Å². The summed E-state index contributed by atoms with van der Waals surface area (Å²) >= 11 is 5.95. The third kappa shape index (κ3) is 3.98. The van der Waals surface area contributed by atoms with E-state index in [-0.39, 0.29) is 22.3 Å². The van der Waals surface area contributed by atoms with Crippen LogP contribution in [0.25, 0.3) is 0 Å². The Balaban J connectivity index is 1.98. The molecule has 0 aromatic heterocycles. The number of hydrogen-bond acceptors (Lipinski definition) is 5. The number of sulfonamides is 1. The molecule has 0 radical (unpaired) electrons. The summed E-state index contributed by atoms with van der Waals surface area (Å²) < 4.78 is 23.0. The molecule has 138 valence electrons. The van der Waals surface area contributed by atoms with E-state index in [2.05, 4.69) is 5.32 Å². The van der Waals surface area contributed by atoms with Crippen LogP contribution in [-0.4, -0.2) is 13.3 Å². The Morgan fingerprint density at radius 3 is 2.35 bits per heavy atom. The van der Waals surface area contributed by atoms with Crippen molar-refractivity contribution in [3.05, 3.63) is 63.2 Å². The molecule has 1 unspecified atom stereocenters. The van der Waals surface area contributed by atoms with E-state index in [0.717, 1.165) is 30.9 Å². The van der Waals surface area contributed by atoms with Crippen LogP contribution in [0.2, 0.25) is 5.02 Å². The summed E-state index contributed by atoms with van der Waals surface area (Å²) in [6.45, 7) is 0. The first-order valence-electron chi connectivity index (χ1n) is 8.09. The summed E-state index contributed by atoms with van der Waals surface area (Å²) in [4.78, 5) is 10.5. The molecule has 0 amide bonds. The third-order valence-electron chi connectivity index (χ3n) is 4.66. The van der Waals surface area contributed by atoms with Crippen molar-refractivity contribution in [2.45, 2.75) is 30.2 Å². The van der Waals surface area contributed by atoms with E-state index in [4.69, 9.17) is 16.7 Å². The first kappa shape index (κ1) is 18.6. The van der Waals surface area contributed by atoms with Gasteiger partial charge in [-0.25, -0.2) is 13.6 Å². The van der Waals surface area contributed by atoms with Gasteiger partial charge in [-0.15, -0.1) is 0 Å². The molecule has 7 nitrogen and oxygen atoms in total. The zero-order valence-corrected chi connectivity index (χ0v) is 15.3. The number of benzene rings is 2. The second kappa shape index (κ2) is 7.22. The van der Waals surface area contributed by atoms with Crippen LogP contribution in [-0.2, 0) is 10.0 Å². The Morgan fingerprint density at radius 1 is 1.19 bits per heavy atom. The number of nitrogens with one attached hydrogen (secondary N) is 1. The van der Waals surface area contributed by atoms with Crippen LogP contribution in [0.4, 0.5) is 11.4 Å². The molecule has 1 aliphatic rings. The Morgan fingerprint density at radius 2 is 1.85 bits per heavy atom. The van der Waals surface area contributed by atoms with Crippen LogP contribution < -0.4 is 10.5 Å². The molecule has 1 aliphatic carbocycles. The number of primary sulfonamides is 1. The largest absolute Gasteiger partial charge is 0.372 e. The quantitative estimate of drug-likeness (QED) is 0.569. The van der Waals surface area contributed by atoms with Crippen LogP contribution in [0, 0.1) is 16.0 Å². The fourth-order valence-corrected chi connectivity index (χ4v) is 3.71. The molecule has 3 rings (SSSR count). The van der Waals surface area contributed by atoms with Gasteiger partial charge in [-0.3, -0.25) is 10.1 Å². The van der Waals surface area contributed by atoms with Crippen molar-refractivity contribution < 1.29 is 13.3 Å². The summed E-state index contributed by atoms with van der Waals surface area (Å²) in [6, 6.07) is 10.9. The van der Waals surface area contributed by atoms with Crippen molar-refractivity contribution in [3.63, 3.8) is 0 Å². The molecule has 9 heteroatoms. The van der Waals surface area contributed by atoms with Gasteiger partial charge in [0.05, 0.1) is 15.9 Å². The van der Waals surface area contributed by atoms with Crippen LogP contribution >= 0.6 is 11.6 Å². The maximum atomic E-state index is 11.5. The number of anilines is 1. The number of nitrogens with two attached hydrogens (primary N) is 1. The van der Waals surface area contributed by atoms with Crippen molar-refractivity contribution in [2.75, 3.05) is 5.32 Å². The monoisotopic (exact) mass is 395 g/mol. The lowest BCUT2D eigenvalue weighted by Gasteiger charge is -2.35. The minimum Gasteiger partial charge on any atom is -0.372 e. The lowest BCUT2D eigenvalue weighted by molar-refractivity contribution is -0.384. The topological polar surface area (TPSA) is 115 Å². The second-order valence-corrected chi connectivity index (χ2v) is 8.34. The highest BCUT2D eigenvalue weighted by Crippen LogP contribution is 2.41. The first-order chi connectivity index (χ1) is 12.3. The van der Waals surface area contributed by atoms with E-state index in [1.165, 1.54) is 12.1 Å². The summed E-state index contributed by atoms with van der Waals surface area (Å²) in [6.07, 6.45) is 3.15. The van der Waals surface area contributed by atoms with Crippen molar-refractivity contribution in [1.82, 2.24) is 0 Å². The molecule has 0 heterocycles. The molecule has 0 bridgehead atoms. The molecule has 1 saturated carbocycles. The van der Waals surface area contributed by atoms with Gasteiger partial charge in [0.25, 0.3) is 5.69 Å². The van der Waals surface area contributed by atoms with E-state index in [0.29, 0.717) is 10.9 Å². The lowest BCUT2D eigenvalue weighted by Crippen LogP contribution is -2.26. The Hall–Kier alpha value is -2.16. The number of rotatable bonds is 6. The van der Waals surface area contributed by atoms with Gasteiger partial charge in [0, 0.05) is 11.1 Å². The fraction of sp³-hybridized carbons (Fsp3) is 0.294. The van der Waals surface area contributed by atoms with Crippen LogP contribution in [0.15, 0.2) is 47.4 Å². The molecular formula is C17H18ClN3O4S. The lowest BCUT2D eigenvalue weighted by atomic mass is 9.77. The maximum absolute atomic E-state index is 11.5. The number of hydrogen-bond donors (Lipinski definition) is 2. The fourth-order valence-electron chi connectivity index (χ4n) is 3.05. The predicted octanol–water partition coefficient (Wildman–Crippen LogP) is 3.85. The van der Waals surface area contributed by atoms with Crippen molar-refractivity contribution in [1.29, 1.82) is 0 Å². The standard InChI is InChI=1S/C17H18ClN3O4S/c18-13-6-4-12(5-7-13)17(11-2-1-3-11)20-15-9-8-14(26(19,24)25)10-16(15)21(22)23/h4-11,17,20H,1-3H2,(H2,19,24,25). The molecule has 3 N–H and O–H groups in total. The van der Waals surface area contributed by atoms with Gasteiger partial charge in [0.2, 0.25) is 10.0 Å². The van der Waals surface area contributed by atoms with Gasteiger partial charge >= 0.3 is 0 Å². The molecule has 2 aromatic carbocycles. The van der Waals surface area contributed by atoms with Gasteiger partial charge in [-0.1, -0.05) is 30.2 Å².